The lowest BCUT2D eigenvalue weighted by Gasteiger charge is -2.37. The van der Waals surface area contributed by atoms with Gasteiger partial charge in [0.15, 0.2) is 5.79 Å². The van der Waals surface area contributed by atoms with Crippen LogP contribution in [-0.4, -0.2) is 47.8 Å². The van der Waals surface area contributed by atoms with Gasteiger partial charge in [-0.05, 0) is 12.1 Å². The molecule has 2 aliphatic rings. The average Bonchev–Trinajstić information content (AvgIpc) is 3.14. The van der Waals surface area contributed by atoms with Crippen LogP contribution in [0.15, 0.2) is 24.3 Å². The third-order valence-corrected chi connectivity index (χ3v) is 5.57. The standard InChI is InChI=1S/C16H19N3O3S/c17-14(20)9-19-7-5-16(6-8-19)21-10-12(22-16)15-18-11-3-1-2-4-13(11)23-15/h1-4,12H,5-10H2,(H2,17,20). The molecule has 1 amide bonds. The number of likely N-dealkylation sites (tertiary alicyclic amines) is 1. The zero-order valence-corrected chi connectivity index (χ0v) is 13.6. The Bertz CT molecular complexity index is 691. The summed E-state index contributed by atoms with van der Waals surface area (Å²) in [5, 5.41) is 0.975. The summed E-state index contributed by atoms with van der Waals surface area (Å²) in [7, 11) is 0. The number of primary amides is 1. The van der Waals surface area contributed by atoms with Crippen LogP contribution in [0.4, 0.5) is 0 Å². The molecule has 0 bridgehead atoms. The van der Waals surface area contributed by atoms with E-state index in [1.807, 2.05) is 23.1 Å². The first kappa shape index (κ1) is 15.0. The van der Waals surface area contributed by atoms with E-state index < -0.39 is 5.79 Å². The monoisotopic (exact) mass is 333 g/mol. The van der Waals surface area contributed by atoms with Gasteiger partial charge in [0.25, 0.3) is 0 Å². The number of hydrogen-bond acceptors (Lipinski definition) is 6. The minimum atomic E-state index is -0.531. The minimum Gasteiger partial charge on any atom is -0.369 e. The smallest absolute Gasteiger partial charge is 0.231 e. The van der Waals surface area contributed by atoms with E-state index in [-0.39, 0.29) is 12.0 Å². The lowest BCUT2D eigenvalue weighted by molar-refractivity contribution is -0.195. The minimum absolute atomic E-state index is 0.102. The molecule has 6 nitrogen and oxygen atoms in total. The van der Waals surface area contributed by atoms with E-state index in [1.54, 1.807) is 11.3 Å². The first-order valence-electron chi connectivity index (χ1n) is 7.81. The summed E-state index contributed by atoms with van der Waals surface area (Å²) < 4.78 is 13.4. The molecule has 7 heteroatoms. The van der Waals surface area contributed by atoms with Crippen molar-refractivity contribution in [3.63, 3.8) is 0 Å². The van der Waals surface area contributed by atoms with Gasteiger partial charge in [0.2, 0.25) is 5.91 Å². The maximum absolute atomic E-state index is 11.0. The molecule has 0 saturated carbocycles. The van der Waals surface area contributed by atoms with Gasteiger partial charge in [-0.3, -0.25) is 9.69 Å². The van der Waals surface area contributed by atoms with E-state index in [0.717, 1.165) is 36.5 Å². The zero-order valence-electron chi connectivity index (χ0n) is 12.7. The van der Waals surface area contributed by atoms with Crippen LogP contribution < -0.4 is 5.73 Å². The molecule has 2 saturated heterocycles. The number of carbonyl (C=O) groups excluding carboxylic acids is 1. The van der Waals surface area contributed by atoms with Crippen LogP contribution in [0.2, 0.25) is 0 Å². The molecule has 0 radical (unpaired) electrons. The number of ether oxygens (including phenoxy) is 2. The van der Waals surface area contributed by atoms with Gasteiger partial charge < -0.3 is 15.2 Å². The van der Waals surface area contributed by atoms with Gasteiger partial charge in [-0.25, -0.2) is 4.98 Å². The number of piperidine rings is 1. The normalized spacial score (nSPS) is 24.4. The Balaban J connectivity index is 1.44. The zero-order chi connectivity index (χ0) is 15.9. The Morgan fingerprint density at radius 3 is 2.91 bits per heavy atom. The molecule has 1 atom stereocenters. The Morgan fingerprint density at radius 2 is 2.17 bits per heavy atom. The molecule has 2 aliphatic heterocycles. The number of carbonyl (C=O) groups is 1. The summed E-state index contributed by atoms with van der Waals surface area (Å²) in [5.74, 6) is -0.821. The van der Waals surface area contributed by atoms with Crippen LogP contribution in [-0.2, 0) is 14.3 Å². The molecule has 2 N–H and O–H groups in total. The highest BCUT2D eigenvalue weighted by Crippen LogP contribution is 2.41. The van der Waals surface area contributed by atoms with Crippen molar-refractivity contribution in [2.45, 2.75) is 24.7 Å². The fraction of sp³-hybridized carbons (Fsp3) is 0.500. The number of para-hydroxylation sites is 1. The van der Waals surface area contributed by atoms with Crippen LogP contribution in [0.3, 0.4) is 0 Å². The number of thiazole rings is 1. The highest BCUT2D eigenvalue weighted by atomic mass is 32.1. The summed E-state index contributed by atoms with van der Waals surface area (Å²) in [6, 6.07) is 8.10. The summed E-state index contributed by atoms with van der Waals surface area (Å²) in [6.45, 7) is 2.36. The Kier molecular flexibility index (Phi) is 3.81. The van der Waals surface area contributed by atoms with Crippen LogP contribution in [0.25, 0.3) is 10.2 Å². The maximum atomic E-state index is 11.0. The number of hydrogen-bond donors (Lipinski definition) is 1. The first-order chi connectivity index (χ1) is 11.1. The second-order valence-electron chi connectivity index (χ2n) is 6.09. The summed E-state index contributed by atoms with van der Waals surface area (Å²) in [4.78, 5) is 17.7. The molecular weight excluding hydrogens is 314 g/mol. The molecule has 4 rings (SSSR count). The number of nitrogens with two attached hydrogens (primary N) is 1. The van der Waals surface area contributed by atoms with Gasteiger partial charge >= 0.3 is 0 Å². The molecule has 3 heterocycles. The lowest BCUT2D eigenvalue weighted by Crippen LogP contribution is -2.47. The Labute approximate surface area is 138 Å². The number of benzene rings is 1. The highest BCUT2D eigenvalue weighted by molar-refractivity contribution is 7.18. The van der Waals surface area contributed by atoms with Gasteiger partial charge in [-0.2, -0.15) is 0 Å². The van der Waals surface area contributed by atoms with Crippen molar-refractivity contribution in [1.82, 2.24) is 9.88 Å². The SMILES string of the molecule is NC(=O)CN1CCC2(CC1)OCC(c1nc3ccccc3s1)O2. The van der Waals surface area contributed by atoms with Crippen molar-refractivity contribution in [2.75, 3.05) is 26.2 Å². The number of rotatable bonds is 3. The lowest BCUT2D eigenvalue weighted by atomic mass is 10.0. The fourth-order valence-corrected chi connectivity index (χ4v) is 4.22. The van der Waals surface area contributed by atoms with Crippen molar-refractivity contribution in [3.05, 3.63) is 29.3 Å². The van der Waals surface area contributed by atoms with E-state index in [2.05, 4.69) is 11.1 Å². The molecular formula is C16H19N3O3S. The van der Waals surface area contributed by atoms with E-state index >= 15 is 0 Å². The Hall–Kier alpha value is -1.54. The van der Waals surface area contributed by atoms with E-state index in [9.17, 15) is 4.79 Å². The quantitative estimate of drug-likeness (QED) is 0.924. The van der Waals surface area contributed by atoms with Crippen molar-refractivity contribution >= 4 is 27.5 Å². The van der Waals surface area contributed by atoms with Gasteiger partial charge in [-0.1, -0.05) is 12.1 Å². The van der Waals surface area contributed by atoms with Crippen molar-refractivity contribution < 1.29 is 14.3 Å². The van der Waals surface area contributed by atoms with Gasteiger partial charge in [0, 0.05) is 25.9 Å². The van der Waals surface area contributed by atoms with Gasteiger partial charge in [0.1, 0.15) is 11.1 Å². The first-order valence-corrected chi connectivity index (χ1v) is 8.63. The van der Waals surface area contributed by atoms with E-state index in [0.29, 0.717) is 13.2 Å². The summed E-state index contributed by atoms with van der Waals surface area (Å²) in [6.07, 6.45) is 1.40. The van der Waals surface area contributed by atoms with Crippen LogP contribution in [0.1, 0.15) is 24.0 Å². The molecule has 1 unspecified atom stereocenters. The predicted molar refractivity (Wildman–Crippen MR) is 87.0 cm³/mol. The van der Waals surface area contributed by atoms with Crippen LogP contribution >= 0.6 is 11.3 Å². The predicted octanol–water partition coefficient (Wildman–Crippen LogP) is 1.66. The van der Waals surface area contributed by atoms with E-state index in [1.165, 1.54) is 4.70 Å². The number of nitrogens with zero attached hydrogens (tertiary/aromatic N) is 2. The fourth-order valence-electron chi connectivity index (χ4n) is 3.24. The average molecular weight is 333 g/mol. The molecule has 0 aliphatic carbocycles. The molecule has 1 aromatic heterocycles. The number of aromatic nitrogens is 1. The maximum Gasteiger partial charge on any atom is 0.231 e. The van der Waals surface area contributed by atoms with Crippen LogP contribution in [0, 0.1) is 0 Å². The molecule has 2 aromatic rings. The second kappa shape index (κ2) is 5.83. The molecule has 1 aromatic carbocycles. The van der Waals surface area contributed by atoms with Crippen LogP contribution in [0.5, 0.6) is 0 Å². The van der Waals surface area contributed by atoms with Crippen molar-refractivity contribution in [1.29, 1.82) is 0 Å². The van der Waals surface area contributed by atoms with Gasteiger partial charge in [0.05, 0.1) is 23.4 Å². The topological polar surface area (TPSA) is 77.7 Å². The van der Waals surface area contributed by atoms with E-state index in [4.69, 9.17) is 15.2 Å². The second-order valence-corrected chi connectivity index (χ2v) is 7.15. The molecule has 122 valence electrons. The van der Waals surface area contributed by atoms with Crippen molar-refractivity contribution in [3.8, 4) is 0 Å². The number of fused-ring (bicyclic) bond motifs is 1. The highest BCUT2D eigenvalue weighted by Gasteiger charge is 2.45. The summed E-state index contributed by atoms with van der Waals surface area (Å²) >= 11 is 1.66. The third kappa shape index (κ3) is 2.97. The van der Waals surface area contributed by atoms with Crippen molar-refractivity contribution in [2.24, 2.45) is 5.73 Å². The molecule has 23 heavy (non-hydrogen) atoms. The largest absolute Gasteiger partial charge is 0.369 e. The molecule has 1 spiro atoms. The number of amides is 1. The summed E-state index contributed by atoms with van der Waals surface area (Å²) in [5.41, 5.74) is 6.26. The van der Waals surface area contributed by atoms with Gasteiger partial charge in [-0.15, -0.1) is 11.3 Å². The third-order valence-electron chi connectivity index (χ3n) is 4.44. The molecule has 2 fully saturated rings. The Morgan fingerprint density at radius 1 is 1.39 bits per heavy atom.